The minimum absolute atomic E-state index is 0.273. The fourth-order valence-corrected chi connectivity index (χ4v) is 2.30. The molecule has 0 aromatic heterocycles. The van der Waals surface area contributed by atoms with Crippen molar-refractivity contribution in [1.82, 2.24) is 0 Å². The highest BCUT2D eigenvalue weighted by Crippen LogP contribution is 2.13. The molecular formula is C20H20N2O6. The topological polar surface area (TPSA) is 111 Å². The van der Waals surface area contributed by atoms with Gasteiger partial charge in [-0.3, -0.25) is 9.59 Å². The third-order valence-electron chi connectivity index (χ3n) is 3.57. The number of benzene rings is 2. The van der Waals surface area contributed by atoms with Crippen LogP contribution >= 0.6 is 0 Å². The molecule has 2 aromatic rings. The monoisotopic (exact) mass is 384 g/mol. The maximum atomic E-state index is 12.0. The molecule has 0 aliphatic heterocycles. The van der Waals surface area contributed by atoms with E-state index in [4.69, 9.17) is 4.74 Å². The predicted octanol–water partition coefficient (Wildman–Crippen LogP) is 2.62. The Kier molecular flexibility index (Phi) is 7.27. The summed E-state index contributed by atoms with van der Waals surface area (Å²) in [4.78, 5) is 47.1. The molecule has 8 nitrogen and oxygen atoms in total. The Hall–Kier alpha value is -3.68. The van der Waals surface area contributed by atoms with E-state index in [1.807, 2.05) is 0 Å². The average molecular weight is 384 g/mol. The lowest BCUT2D eigenvalue weighted by Crippen LogP contribution is -2.21. The van der Waals surface area contributed by atoms with Gasteiger partial charge in [-0.2, -0.15) is 0 Å². The second-order valence-electron chi connectivity index (χ2n) is 5.64. The molecule has 28 heavy (non-hydrogen) atoms. The Balaban J connectivity index is 1.90. The molecule has 0 aliphatic carbocycles. The first-order valence-electron chi connectivity index (χ1n) is 8.48. The van der Waals surface area contributed by atoms with Crippen LogP contribution in [0, 0.1) is 0 Å². The van der Waals surface area contributed by atoms with Gasteiger partial charge in [0.15, 0.2) is 0 Å². The van der Waals surface area contributed by atoms with Crippen LogP contribution < -0.4 is 10.6 Å². The summed E-state index contributed by atoms with van der Waals surface area (Å²) < 4.78 is 9.50. The minimum atomic E-state index is -0.539. The van der Waals surface area contributed by atoms with E-state index in [1.165, 1.54) is 25.3 Å². The third kappa shape index (κ3) is 5.94. The van der Waals surface area contributed by atoms with E-state index in [9.17, 15) is 19.2 Å². The lowest BCUT2D eigenvalue weighted by atomic mass is 10.2. The molecule has 146 valence electrons. The summed E-state index contributed by atoms with van der Waals surface area (Å²) in [5.41, 5.74) is 1.47. The van der Waals surface area contributed by atoms with Crippen LogP contribution in [0.15, 0.2) is 48.5 Å². The van der Waals surface area contributed by atoms with Crippen LogP contribution in [-0.4, -0.2) is 37.5 Å². The van der Waals surface area contributed by atoms with Gasteiger partial charge in [-0.05, 0) is 49.4 Å². The number of amides is 2. The number of hydrogen-bond acceptors (Lipinski definition) is 6. The van der Waals surface area contributed by atoms with E-state index >= 15 is 0 Å². The quantitative estimate of drug-likeness (QED) is 0.561. The van der Waals surface area contributed by atoms with Crippen LogP contribution in [-0.2, 0) is 19.1 Å². The summed E-state index contributed by atoms with van der Waals surface area (Å²) in [5.74, 6) is -2.04. The van der Waals surface area contributed by atoms with Gasteiger partial charge >= 0.3 is 11.9 Å². The minimum Gasteiger partial charge on any atom is -0.465 e. The van der Waals surface area contributed by atoms with Gasteiger partial charge in [-0.25, -0.2) is 9.59 Å². The van der Waals surface area contributed by atoms with E-state index in [1.54, 1.807) is 37.3 Å². The molecule has 0 radical (unpaired) electrons. The standard InChI is InChI=1S/C20H20N2O6/c1-3-28-20(26)13-7-9-15(10-8-13)21-17(23)12-18(24)22-16-6-4-5-14(11-16)19(25)27-2/h4-11H,3,12H2,1-2H3,(H,21,23)(H,22,24). The van der Waals surface area contributed by atoms with Crippen molar-refractivity contribution in [3.8, 4) is 0 Å². The van der Waals surface area contributed by atoms with Crippen LogP contribution in [0.4, 0.5) is 11.4 Å². The zero-order chi connectivity index (χ0) is 20.5. The number of methoxy groups -OCH3 is 1. The molecule has 0 spiro atoms. The molecule has 0 aliphatic rings. The number of esters is 2. The lowest BCUT2D eigenvalue weighted by molar-refractivity contribution is -0.123. The van der Waals surface area contributed by atoms with Gasteiger partial charge in [-0.1, -0.05) is 6.07 Å². The van der Waals surface area contributed by atoms with Gasteiger partial charge < -0.3 is 20.1 Å². The second-order valence-corrected chi connectivity index (χ2v) is 5.64. The number of carbonyl (C=O) groups is 4. The maximum absolute atomic E-state index is 12.0. The molecule has 2 aromatic carbocycles. The second kappa shape index (κ2) is 9.86. The van der Waals surface area contributed by atoms with Gasteiger partial charge in [0, 0.05) is 11.4 Å². The van der Waals surface area contributed by atoms with Crippen LogP contribution in [0.25, 0.3) is 0 Å². The molecule has 0 unspecified atom stereocenters. The van der Waals surface area contributed by atoms with E-state index in [0.29, 0.717) is 16.9 Å². The Morgan fingerprint density at radius 3 is 2.07 bits per heavy atom. The maximum Gasteiger partial charge on any atom is 0.338 e. The number of hydrogen-bond donors (Lipinski definition) is 2. The van der Waals surface area contributed by atoms with Crippen molar-refractivity contribution >= 4 is 35.1 Å². The highest BCUT2D eigenvalue weighted by atomic mass is 16.5. The fourth-order valence-electron chi connectivity index (χ4n) is 2.30. The van der Waals surface area contributed by atoms with Crippen molar-refractivity contribution in [2.75, 3.05) is 24.4 Å². The molecule has 2 amide bonds. The van der Waals surface area contributed by atoms with Crippen LogP contribution in [0.5, 0.6) is 0 Å². The first-order chi connectivity index (χ1) is 13.4. The summed E-state index contributed by atoms with van der Waals surface area (Å²) in [5, 5.41) is 5.12. The van der Waals surface area contributed by atoms with E-state index in [-0.39, 0.29) is 12.2 Å². The Morgan fingerprint density at radius 2 is 1.46 bits per heavy atom. The van der Waals surface area contributed by atoms with Crippen LogP contribution in [0.3, 0.4) is 0 Å². The number of ether oxygens (including phenoxy) is 2. The summed E-state index contributed by atoms with van der Waals surface area (Å²) >= 11 is 0. The molecule has 0 fully saturated rings. The van der Waals surface area contributed by atoms with Gasteiger partial charge in [0.2, 0.25) is 11.8 Å². The Morgan fingerprint density at radius 1 is 0.821 bits per heavy atom. The van der Waals surface area contributed by atoms with Crippen molar-refractivity contribution < 1.29 is 28.7 Å². The van der Waals surface area contributed by atoms with Gasteiger partial charge in [0.05, 0.1) is 24.8 Å². The van der Waals surface area contributed by atoms with E-state index in [0.717, 1.165) is 0 Å². The summed E-state index contributed by atoms with van der Waals surface area (Å²) in [6.07, 6.45) is -0.415. The molecule has 0 heterocycles. The molecule has 2 N–H and O–H groups in total. The average Bonchev–Trinajstić information content (AvgIpc) is 2.68. The largest absolute Gasteiger partial charge is 0.465 e. The molecular weight excluding hydrogens is 364 g/mol. The van der Waals surface area contributed by atoms with Crippen LogP contribution in [0.2, 0.25) is 0 Å². The predicted molar refractivity (Wildman–Crippen MR) is 102 cm³/mol. The lowest BCUT2D eigenvalue weighted by Gasteiger charge is -2.08. The number of carbonyl (C=O) groups excluding carboxylic acids is 4. The molecule has 0 bridgehead atoms. The fraction of sp³-hybridized carbons (Fsp3) is 0.200. The van der Waals surface area contributed by atoms with Crippen molar-refractivity contribution in [3.63, 3.8) is 0 Å². The van der Waals surface area contributed by atoms with Crippen molar-refractivity contribution in [2.24, 2.45) is 0 Å². The zero-order valence-electron chi connectivity index (χ0n) is 15.5. The van der Waals surface area contributed by atoms with Crippen molar-refractivity contribution in [2.45, 2.75) is 13.3 Å². The van der Waals surface area contributed by atoms with E-state index < -0.39 is 30.2 Å². The molecule has 8 heteroatoms. The molecule has 2 rings (SSSR count). The number of nitrogens with one attached hydrogen (secondary N) is 2. The normalized spacial score (nSPS) is 9.93. The molecule has 0 saturated heterocycles. The first kappa shape index (κ1) is 20.6. The summed E-state index contributed by atoms with van der Waals surface area (Å²) in [7, 11) is 1.26. The zero-order valence-corrected chi connectivity index (χ0v) is 15.5. The third-order valence-corrected chi connectivity index (χ3v) is 3.57. The first-order valence-corrected chi connectivity index (χ1v) is 8.48. The SMILES string of the molecule is CCOC(=O)c1ccc(NC(=O)CC(=O)Nc2cccc(C(=O)OC)c2)cc1. The molecule has 0 saturated carbocycles. The van der Waals surface area contributed by atoms with Gasteiger partial charge in [0.25, 0.3) is 0 Å². The van der Waals surface area contributed by atoms with Gasteiger partial charge in [0.1, 0.15) is 6.42 Å². The Bertz CT molecular complexity index is 877. The van der Waals surface area contributed by atoms with Gasteiger partial charge in [-0.15, -0.1) is 0 Å². The highest BCUT2D eigenvalue weighted by molar-refractivity contribution is 6.08. The summed E-state index contributed by atoms with van der Waals surface area (Å²) in [6, 6.07) is 12.3. The number of anilines is 2. The summed E-state index contributed by atoms with van der Waals surface area (Å²) in [6.45, 7) is 1.98. The van der Waals surface area contributed by atoms with Crippen molar-refractivity contribution in [3.05, 3.63) is 59.7 Å². The molecule has 0 atom stereocenters. The van der Waals surface area contributed by atoms with Crippen molar-refractivity contribution in [1.29, 1.82) is 0 Å². The van der Waals surface area contributed by atoms with E-state index in [2.05, 4.69) is 15.4 Å². The van der Waals surface area contributed by atoms with Crippen LogP contribution in [0.1, 0.15) is 34.1 Å². The highest BCUT2D eigenvalue weighted by Gasteiger charge is 2.12. The Labute approximate surface area is 161 Å². The smallest absolute Gasteiger partial charge is 0.338 e. The number of rotatable bonds is 7.